The van der Waals surface area contributed by atoms with Crippen molar-refractivity contribution >= 4 is 5.69 Å². The van der Waals surface area contributed by atoms with E-state index in [1.165, 1.54) is 0 Å². The van der Waals surface area contributed by atoms with Gasteiger partial charge in [-0.3, -0.25) is 0 Å². The summed E-state index contributed by atoms with van der Waals surface area (Å²) >= 11 is 0. The molecule has 1 aromatic carbocycles. The number of anilines is 1. The Hall–Kier alpha value is -1.84. The van der Waals surface area contributed by atoms with E-state index in [9.17, 15) is 0 Å². The second-order valence-corrected chi connectivity index (χ2v) is 4.13. The van der Waals surface area contributed by atoms with Gasteiger partial charge in [-0.2, -0.15) is 4.98 Å². The van der Waals surface area contributed by atoms with Crippen molar-refractivity contribution in [1.82, 2.24) is 10.1 Å². The number of hydrogen-bond acceptors (Lipinski definition) is 4. The third-order valence-electron chi connectivity index (χ3n) is 2.55. The lowest BCUT2D eigenvalue weighted by molar-refractivity contribution is 0.365. The molecule has 2 N–H and O–H groups in total. The molecule has 16 heavy (non-hydrogen) atoms. The van der Waals surface area contributed by atoms with Gasteiger partial charge in [0.15, 0.2) is 0 Å². The molecule has 0 aliphatic heterocycles. The molecule has 0 radical (unpaired) electrons. The Bertz CT molecular complexity index is 503. The van der Waals surface area contributed by atoms with E-state index in [4.69, 9.17) is 10.3 Å². The Kier molecular flexibility index (Phi) is 2.64. The van der Waals surface area contributed by atoms with Gasteiger partial charge in [-0.25, -0.2) is 0 Å². The number of hydrogen-bond donors (Lipinski definition) is 1. The average Bonchev–Trinajstić information content (AvgIpc) is 2.71. The molecule has 2 rings (SSSR count). The van der Waals surface area contributed by atoms with Crippen LogP contribution < -0.4 is 5.73 Å². The Balaban J connectivity index is 2.47. The normalized spacial score (nSPS) is 11.0. The third kappa shape index (κ3) is 1.78. The highest BCUT2D eigenvalue weighted by Crippen LogP contribution is 2.25. The number of benzene rings is 1. The summed E-state index contributed by atoms with van der Waals surface area (Å²) in [6, 6.07) is 5.70. The second kappa shape index (κ2) is 3.96. The number of aromatic nitrogens is 2. The van der Waals surface area contributed by atoms with Crippen LogP contribution in [0.25, 0.3) is 11.4 Å². The van der Waals surface area contributed by atoms with Gasteiger partial charge in [0.1, 0.15) is 0 Å². The van der Waals surface area contributed by atoms with E-state index in [-0.39, 0.29) is 5.92 Å². The summed E-state index contributed by atoms with van der Waals surface area (Å²) in [6.45, 7) is 5.99. The standard InChI is InChI=1S/C12H15N3O/c1-7(2)12-14-11(15-16-12)9-5-4-6-10(13)8(9)3/h4-7H,13H2,1-3H3. The predicted octanol–water partition coefficient (Wildman–Crippen LogP) is 2.75. The number of rotatable bonds is 2. The second-order valence-electron chi connectivity index (χ2n) is 4.13. The fourth-order valence-corrected chi connectivity index (χ4v) is 1.47. The van der Waals surface area contributed by atoms with Gasteiger partial charge < -0.3 is 10.3 Å². The van der Waals surface area contributed by atoms with Crippen LogP contribution in [0.5, 0.6) is 0 Å². The molecular formula is C12H15N3O. The van der Waals surface area contributed by atoms with Crippen molar-refractivity contribution in [3.05, 3.63) is 29.7 Å². The maximum absolute atomic E-state index is 5.84. The van der Waals surface area contributed by atoms with Crippen LogP contribution in [-0.2, 0) is 0 Å². The molecule has 0 aliphatic carbocycles. The Morgan fingerprint density at radius 2 is 2.06 bits per heavy atom. The van der Waals surface area contributed by atoms with Gasteiger partial charge in [-0.05, 0) is 18.6 Å². The van der Waals surface area contributed by atoms with Crippen LogP contribution in [-0.4, -0.2) is 10.1 Å². The van der Waals surface area contributed by atoms with Gasteiger partial charge in [0.2, 0.25) is 11.7 Å². The molecule has 4 heteroatoms. The number of nitrogens with two attached hydrogens (primary N) is 1. The predicted molar refractivity (Wildman–Crippen MR) is 63.0 cm³/mol. The van der Waals surface area contributed by atoms with E-state index in [0.29, 0.717) is 11.7 Å². The highest BCUT2D eigenvalue weighted by Gasteiger charge is 2.13. The summed E-state index contributed by atoms with van der Waals surface area (Å²) < 4.78 is 5.17. The molecule has 0 aliphatic rings. The molecule has 0 saturated carbocycles. The lowest BCUT2D eigenvalue weighted by Gasteiger charge is -2.03. The first-order chi connectivity index (χ1) is 7.59. The largest absolute Gasteiger partial charge is 0.398 e. The van der Waals surface area contributed by atoms with E-state index in [1.807, 2.05) is 39.0 Å². The van der Waals surface area contributed by atoms with Crippen molar-refractivity contribution < 1.29 is 4.52 Å². The summed E-state index contributed by atoms with van der Waals surface area (Å²) in [7, 11) is 0. The minimum absolute atomic E-state index is 0.239. The van der Waals surface area contributed by atoms with E-state index >= 15 is 0 Å². The SMILES string of the molecule is Cc1c(N)cccc1-c1noc(C(C)C)n1. The smallest absolute Gasteiger partial charge is 0.229 e. The summed E-state index contributed by atoms with van der Waals surface area (Å²) in [5.74, 6) is 1.49. The molecule has 0 fully saturated rings. The average molecular weight is 217 g/mol. The zero-order chi connectivity index (χ0) is 11.7. The van der Waals surface area contributed by atoms with Crippen molar-refractivity contribution in [3.8, 4) is 11.4 Å². The van der Waals surface area contributed by atoms with Gasteiger partial charge in [0.05, 0.1) is 0 Å². The fraction of sp³-hybridized carbons (Fsp3) is 0.333. The van der Waals surface area contributed by atoms with Gasteiger partial charge in [0.25, 0.3) is 0 Å². The lowest BCUT2D eigenvalue weighted by Crippen LogP contribution is -1.93. The van der Waals surface area contributed by atoms with E-state index in [0.717, 1.165) is 16.8 Å². The van der Waals surface area contributed by atoms with Gasteiger partial charge >= 0.3 is 0 Å². The van der Waals surface area contributed by atoms with Crippen LogP contribution in [0.4, 0.5) is 5.69 Å². The van der Waals surface area contributed by atoms with E-state index in [2.05, 4.69) is 10.1 Å². The van der Waals surface area contributed by atoms with Crippen molar-refractivity contribution in [3.63, 3.8) is 0 Å². The monoisotopic (exact) mass is 217 g/mol. The number of nitrogen functional groups attached to an aromatic ring is 1. The van der Waals surface area contributed by atoms with Crippen molar-refractivity contribution in [1.29, 1.82) is 0 Å². The van der Waals surface area contributed by atoms with Gasteiger partial charge in [-0.1, -0.05) is 31.1 Å². The summed E-state index contributed by atoms with van der Waals surface area (Å²) in [5.41, 5.74) is 8.49. The molecule has 1 aromatic heterocycles. The first kappa shape index (κ1) is 10.7. The molecule has 0 amide bonds. The number of nitrogens with zero attached hydrogens (tertiary/aromatic N) is 2. The summed E-state index contributed by atoms with van der Waals surface area (Å²) in [4.78, 5) is 4.35. The maximum Gasteiger partial charge on any atom is 0.229 e. The molecule has 0 atom stereocenters. The van der Waals surface area contributed by atoms with Gasteiger partial charge in [-0.15, -0.1) is 0 Å². The van der Waals surface area contributed by atoms with E-state index < -0.39 is 0 Å². The molecule has 0 bridgehead atoms. The molecule has 0 spiro atoms. The molecular weight excluding hydrogens is 202 g/mol. The van der Waals surface area contributed by atoms with Crippen LogP contribution in [0.15, 0.2) is 22.7 Å². The molecule has 2 aromatic rings. The van der Waals surface area contributed by atoms with Crippen LogP contribution >= 0.6 is 0 Å². The molecule has 0 unspecified atom stereocenters. The summed E-state index contributed by atoms with van der Waals surface area (Å²) in [5, 5.41) is 3.97. The maximum atomic E-state index is 5.84. The van der Waals surface area contributed by atoms with Crippen LogP contribution in [0.2, 0.25) is 0 Å². The third-order valence-corrected chi connectivity index (χ3v) is 2.55. The van der Waals surface area contributed by atoms with Crippen LogP contribution in [0.1, 0.15) is 31.2 Å². The highest BCUT2D eigenvalue weighted by atomic mass is 16.5. The van der Waals surface area contributed by atoms with Crippen LogP contribution in [0.3, 0.4) is 0 Å². The van der Waals surface area contributed by atoms with Crippen molar-refractivity contribution in [2.75, 3.05) is 5.73 Å². The molecule has 84 valence electrons. The molecule has 4 nitrogen and oxygen atoms in total. The first-order valence-electron chi connectivity index (χ1n) is 5.28. The Morgan fingerprint density at radius 3 is 2.69 bits per heavy atom. The highest BCUT2D eigenvalue weighted by molar-refractivity contribution is 5.67. The minimum Gasteiger partial charge on any atom is -0.398 e. The fourth-order valence-electron chi connectivity index (χ4n) is 1.47. The topological polar surface area (TPSA) is 64.9 Å². The van der Waals surface area contributed by atoms with Gasteiger partial charge in [0, 0.05) is 17.2 Å². The summed E-state index contributed by atoms with van der Waals surface area (Å²) in [6.07, 6.45) is 0. The van der Waals surface area contributed by atoms with Crippen LogP contribution in [0, 0.1) is 6.92 Å². The zero-order valence-corrected chi connectivity index (χ0v) is 9.69. The Morgan fingerprint density at radius 1 is 1.31 bits per heavy atom. The quantitative estimate of drug-likeness (QED) is 0.785. The minimum atomic E-state index is 0.239. The van der Waals surface area contributed by atoms with E-state index in [1.54, 1.807) is 0 Å². The molecule has 1 heterocycles. The lowest BCUT2D eigenvalue weighted by atomic mass is 10.1. The van der Waals surface area contributed by atoms with Crippen molar-refractivity contribution in [2.45, 2.75) is 26.7 Å². The molecule has 0 saturated heterocycles. The van der Waals surface area contributed by atoms with Crippen molar-refractivity contribution in [2.24, 2.45) is 0 Å². The first-order valence-corrected chi connectivity index (χ1v) is 5.28. The zero-order valence-electron chi connectivity index (χ0n) is 9.69. The Labute approximate surface area is 94.5 Å².